The fourth-order valence-corrected chi connectivity index (χ4v) is 13.0. The summed E-state index contributed by atoms with van der Waals surface area (Å²) in [5.41, 5.74) is 2.57. The van der Waals surface area contributed by atoms with Crippen LogP contribution >= 0.6 is 23.1 Å². The van der Waals surface area contributed by atoms with Crippen molar-refractivity contribution in [3.05, 3.63) is 125 Å². The Morgan fingerprint density at radius 1 is 0.629 bits per heavy atom. The Hall–Kier alpha value is -1.12. The Labute approximate surface area is 238 Å². The third-order valence-corrected chi connectivity index (χ3v) is 16.2. The average molecular weight is 747 g/mol. The predicted octanol–water partition coefficient (Wildman–Crippen LogP) is 7.36. The Kier molecular flexibility index (Phi) is 7.97. The fourth-order valence-electron chi connectivity index (χ4n) is 3.67. The van der Waals surface area contributed by atoms with Crippen molar-refractivity contribution in [1.82, 2.24) is 0 Å². The molecule has 0 fully saturated rings. The summed E-state index contributed by atoms with van der Waals surface area (Å²) in [5.74, 6) is 0. The normalized spacial score (nSPS) is 13.8. The van der Waals surface area contributed by atoms with E-state index in [2.05, 4.69) is 111 Å². The van der Waals surface area contributed by atoms with Crippen LogP contribution in [-0.4, -0.2) is 58.0 Å². The Bertz CT molecular complexity index is 1430. The molecule has 0 spiro atoms. The van der Waals surface area contributed by atoms with E-state index < -0.39 is 0 Å². The molecule has 35 heavy (non-hydrogen) atoms. The third-order valence-electron chi connectivity index (χ3n) is 5.26. The van der Waals surface area contributed by atoms with Gasteiger partial charge in [-0.3, -0.25) is 0 Å². The van der Waals surface area contributed by atoms with E-state index in [1.807, 2.05) is 23.1 Å². The molecule has 170 valence electrons. The summed E-state index contributed by atoms with van der Waals surface area (Å²) < 4.78 is 5.95. The second-order valence-electron chi connectivity index (χ2n) is 7.67. The molecule has 0 radical (unpaired) electrons. The van der Waals surface area contributed by atoms with Crippen LogP contribution in [0.15, 0.2) is 110 Å². The van der Waals surface area contributed by atoms with Gasteiger partial charge in [0, 0.05) is 0 Å². The number of hydrogen-bond donors (Lipinski definition) is 0. The zero-order chi connectivity index (χ0) is 23.5. The van der Waals surface area contributed by atoms with Crippen LogP contribution in [0.5, 0.6) is 0 Å². The molecule has 5 aromatic heterocycles. The van der Waals surface area contributed by atoms with E-state index in [4.69, 9.17) is 0 Å². The van der Waals surface area contributed by atoms with Crippen LogP contribution in [0, 0.1) is 0 Å². The van der Waals surface area contributed by atoms with Crippen LogP contribution in [0.2, 0.25) is 0 Å². The van der Waals surface area contributed by atoms with Gasteiger partial charge in [-0.1, -0.05) is 0 Å². The van der Waals surface area contributed by atoms with Gasteiger partial charge in [0.2, 0.25) is 0 Å². The summed E-state index contributed by atoms with van der Waals surface area (Å²) in [5, 5.41) is 0. The first kappa shape index (κ1) is 24.2. The Balaban J connectivity index is 1.35. The molecule has 0 aromatic carbocycles. The maximum absolute atomic E-state index is 2.37. The van der Waals surface area contributed by atoms with E-state index in [1.54, 1.807) is 0 Å². The zero-order valence-corrected chi connectivity index (χ0v) is 26.9. The number of allylic oxidation sites excluding steroid dienone is 5. The minimum atomic E-state index is 0.449. The van der Waals surface area contributed by atoms with E-state index in [0.717, 1.165) is 0 Å². The topological polar surface area (TPSA) is 0 Å². The van der Waals surface area contributed by atoms with Crippen molar-refractivity contribution in [2.24, 2.45) is 0 Å². The molecule has 0 N–H and O–H groups in total. The molecular formula is C29H19S2Se4+. The van der Waals surface area contributed by atoms with Gasteiger partial charge in [0.05, 0.1) is 0 Å². The van der Waals surface area contributed by atoms with Crippen molar-refractivity contribution >= 4 is 97.0 Å². The van der Waals surface area contributed by atoms with Crippen molar-refractivity contribution in [1.29, 1.82) is 0 Å². The van der Waals surface area contributed by atoms with Crippen molar-refractivity contribution in [3.8, 4) is 18.6 Å². The quantitative estimate of drug-likeness (QED) is 0.129. The summed E-state index contributed by atoms with van der Waals surface area (Å²) >= 11 is 5.68. The first-order chi connectivity index (χ1) is 17.3. The standard InChI is InChI=1S/C29H19S2Se4/c1(6-20-16-22(26-8-2-12-32-26)30-23(17-20)27-9-3-13-33-27)7-21-18-24(28-10-4-14-34-28)31-25(19-21)29-11-5-15-35-29/h1-19H/q+1. The third kappa shape index (κ3) is 5.90. The zero-order valence-electron chi connectivity index (χ0n) is 18.4. The van der Waals surface area contributed by atoms with Crippen LogP contribution in [0.25, 0.3) is 34.5 Å². The van der Waals surface area contributed by atoms with Gasteiger partial charge < -0.3 is 0 Å². The van der Waals surface area contributed by atoms with E-state index in [1.165, 1.54) is 48.5 Å². The fraction of sp³-hybridized carbons (Fsp3) is 0. The number of thioether (sulfide) groups is 1. The van der Waals surface area contributed by atoms with Gasteiger partial charge in [0.15, 0.2) is 0 Å². The molecule has 5 aromatic rings. The minimum absolute atomic E-state index is 0.449. The Morgan fingerprint density at radius 2 is 1.11 bits per heavy atom. The van der Waals surface area contributed by atoms with Crippen molar-refractivity contribution in [2.75, 3.05) is 0 Å². The average Bonchev–Trinajstić information content (AvgIpc) is 3.72. The molecule has 0 aliphatic carbocycles. The molecular weight excluding hydrogens is 728 g/mol. The van der Waals surface area contributed by atoms with E-state index in [9.17, 15) is 0 Å². The molecule has 0 saturated heterocycles. The van der Waals surface area contributed by atoms with Crippen molar-refractivity contribution in [3.63, 3.8) is 0 Å². The second kappa shape index (κ2) is 11.5. The summed E-state index contributed by atoms with van der Waals surface area (Å²) in [6, 6.07) is 22.7. The van der Waals surface area contributed by atoms with Gasteiger partial charge in [-0.25, -0.2) is 0 Å². The van der Waals surface area contributed by atoms with Crippen LogP contribution in [-0.2, 0) is 0 Å². The van der Waals surface area contributed by atoms with Crippen LogP contribution in [0.4, 0.5) is 0 Å². The van der Waals surface area contributed by atoms with Gasteiger partial charge in [-0.15, -0.1) is 0 Å². The van der Waals surface area contributed by atoms with Gasteiger partial charge in [0.25, 0.3) is 0 Å². The molecule has 0 unspecified atom stereocenters. The van der Waals surface area contributed by atoms with E-state index in [0.29, 0.717) is 58.0 Å². The second-order valence-corrected chi connectivity index (χ2v) is 17.8. The van der Waals surface area contributed by atoms with Gasteiger partial charge in [-0.2, -0.15) is 0 Å². The van der Waals surface area contributed by atoms with Crippen molar-refractivity contribution < 1.29 is 0 Å². The molecule has 6 heteroatoms. The van der Waals surface area contributed by atoms with Gasteiger partial charge >= 0.3 is 240 Å². The molecule has 0 nitrogen and oxygen atoms in total. The maximum atomic E-state index is 2.37. The summed E-state index contributed by atoms with van der Waals surface area (Å²) in [6.45, 7) is 0. The molecule has 0 bridgehead atoms. The number of hydrogen-bond acceptors (Lipinski definition) is 1. The van der Waals surface area contributed by atoms with Gasteiger partial charge in [-0.05, 0) is 0 Å². The predicted molar refractivity (Wildman–Crippen MR) is 161 cm³/mol. The molecule has 6 rings (SSSR count). The Morgan fingerprint density at radius 3 is 1.57 bits per heavy atom. The van der Waals surface area contributed by atoms with Crippen molar-refractivity contribution in [2.45, 2.75) is 0 Å². The van der Waals surface area contributed by atoms with E-state index >= 15 is 0 Å². The first-order valence-electron chi connectivity index (χ1n) is 11.0. The molecule has 1 aliphatic rings. The summed E-state index contributed by atoms with van der Waals surface area (Å²) in [6.07, 6.45) is 11.5. The molecule has 1 aliphatic heterocycles. The first-order valence-corrected chi connectivity index (χ1v) is 20.0. The summed E-state index contributed by atoms with van der Waals surface area (Å²) in [4.78, 5) is 14.9. The SMILES string of the molecule is C(/C=C/c1cc(-c2ccc[se]2)[s+]c(-c2ccc[se]2)c1)=C1C=C(c2ccc[se]2)SC(c2ccc[se]2)=C1. The molecule has 0 amide bonds. The van der Waals surface area contributed by atoms with E-state index in [-0.39, 0.29) is 0 Å². The summed E-state index contributed by atoms with van der Waals surface area (Å²) in [7, 11) is 0. The van der Waals surface area contributed by atoms with Gasteiger partial charge in [0.1, 0.15) is 0 Å². The molecule has 6 heterocycles. The van der Waals surface area contributed by atoms with Crippen LogP contribution < -0.4 is 0 Å². The molecule has 0 atom stereocenters. The van der Waals surface area contributed by atoms with Crippen LogP contribution in [0.3, 0.4) is 0 Å². The number of rotatable bonds is 6. The monoisotopic (exact) mass is 751 g/mol. The molecule has 0 saturated carbocycles. The van der Waals surface area contributed by atoms with Crippen LogP contribution in [0.1, 0.15) is 14.4 Å².